The number of alkyl halides is 3. The first-order chi connectivity index (χ1) is 12.5. The van der Waals surface area contributed by atoms with Gasteiger partial charge in [0.15, 0.2) is 0 Å². The summed E-state index contributed by atoms with van der Waals surface area (Å²) >= 11 is 6.15. The summed E-state index contributed by atoms with van der Waals surface area (Å²) in [7, 11) is 0. The number of aliphatic hydroxyl groups is 1. The number of benzene rings is 1. The van der Waals surface area contributed by atoms with Gasteiger partial charge in [-0.25, -0.2) is 0 Å². The fourth-order valence-corrected chi connectivity index (χ4v) is 4.13. The Labute approximate surface area is 159 Å². The van der Waals surface area contributed by atoms with Crippen molar-refractivity contribution in [1.29, 1.82) is 0 Å². The van der Waals surface area contributed by atoms with Crippen LogP contribution < -0.4 is 0 Å². The Kier molecular flexibility index (Phi) is 5.16. The molecule has 1 fully saturated rings. The number of rotatable bonds is 3. The van der Waals surface area contributed by atoms with Crippen LogP contribution >= 0.6 is 11.6 Å². The first kappa shape index (κ1) is 19.9. The molecule has 0 saturated carbocycles. The van der Waals surface area contributed by atoms with Crippen LogP contribution in [-0.4, -0.2) is 45.4 Å². The van der Waals surface area contributed by atoms with Crippen LogP contribution in [0.3, 0.4) is 0 Å². The number of aliphatic hydroxyl groups excluding tert-OH is 1. The van der Waals surface area contributed by atoms with Gasteiger partial charge < -0.3 is 10.0 Å². The predicted molar refractivity (Wildman–Crippen MR) is 95.2 cm³/mol. The van der Waals surface area contributed by atoms with Crippen molar-refractivity contribution in [2.75, 3.05) is 13.1 Å². The lowest BCUT2D eigenvalue weighted by Crippen LogP contribution is -2.48. The topological polar surface area (TPSA) is 69.2 Å². The van der Waals surface area contributed by atoms with Gasteiger partial charge >= 0.3 is 12.1 Å². The molecule has 0 spiro atoms. The first-order valence-electron chi connectivity index (χ1n) is 8.68. The minimum absolute atomic E-state index is 0.0220. The van der Waals surface area contributed by atoms with E-state index in [2.05, 4.69) is 10.2 Å². The minimum atomic E-state index is -4.85. The Morgan fingerprint density at radius 3 is 2.56 bits per heavy atom. The van der Waals surface area contributed by atoms with Crippen molar-refractivity contribution in [3.05, 3.63) is 28.9 Å². The number of aromatic nitrogens is 2. The summed E-state index contributed by atoms with van der Waals surface area (Å²) in [6.07, 6.45) is -3.36. The molecule has 1 aliphatic rings. The van der Waals surface area contributed by atoms with Crippen molar-refractivity contribution in [3.8, 4) is 0 Å². The van der Waals surface area contributed by atoms with Crippen LogP contribution in [0, 0.1) is 11.3 Å². The van der Waals surface area contributed by atoms with Crippen LogP contribution in [0.15, 0.2) is 18.3 Å². The van der Waals surface area contributed by atoms with Crippen LogP contribution in [0.2, 0.25) is 5.02 Å². The van der Waals surface area contributed by atoms with Crippen molar-refractivity contribution in [3.63, 3.8) is 0 Å². The second kappa shape index (κ2) is 6.98. The number of carbonyl (C=O) groups is 1. The zero-order valence-electron chi connectivity index (χ0n) is 15.0. The minimum Gasteiger partial charge on any atom is -0.388 e. The summed E-state index contributed by atoms with van der Waals surface area (Å²) in [6.45, 7) is 3.81. The Morgan fingerprint density at radius 1 is 1.33 bits per heavy atom. The second-order valence-corrected chi connectivity index (χ2v) is 8.05. The van der Waals surface area contributed by atoms with Gasteiger partial charge in [-0.15, -0.1) is 0 Å². The van der Waals surface area contributed by atoms with Gasteiger partial charge in [0.1, 0.15) is 0 Å². The second-order valence-electron chi connectivity index (χ2n) is 7.62. The van der Waals surface area contributed by atoms with Gasteiger partial charge in [0.05, 0.1) is 17.8 Å². The largest absolute Gasteiger partial charge is 0.471 e. The molecular weight excluding hydrogens is 383 g/mol. The van der Waals surface area contributed by atoms with E-state index in [4.69, 9.17) is 11.6 Å². The quantitative estimate of drug-likeness (QED) is 0.811. The summed E-state index contributed by atoms with van der Waals surface area (Å²) in [5, 5.41) is 19.2. The molecule has 27 heavy (non-hydrogen) atoms. The monoisotopic (exact) mass is 403 g/mol. The fourth-order valence-electron chi connectivity index (χ4n) is 3.89. The van der Waals surface area contributed by atoms with E-state index in [0.717, 1.165) is 10.3 Å². The van der Waals surface area contributed by atoms with Gasteiger partial charge in [0.25, 0.3) is 0 Å². The lowest BCUT2D eigenvalue weighted by Gasteiger charge is -2.43. The molecule has 1 aromatic carbocycles. The molecule has 0 bridgehead atoms. The van der Waals surface area contributed by atoms with Crippen molar-refractivity contribution in [2.24, 2.45) is 11.3 Å². The van der Waals surface area contributed by atoms with E-state index in [9.17, 15) is 23.1 Å². The normalized spacial score (nSPS) is 18.1. The number of hydrogen-bond acceptors (Lipinski definition) is 3. The first-order valence-corrected chi connectivity index (χ1v) is 9.06. The molecule has 1 aliphatic heterocycles. The van der Waals surface area contributed by atoms with Crippen LogP contribution in [0.5, 0.6) is 0 Å². The third-order valence-electron chi connectivity index (χ3n) is 5.62. The molecule has 9 heteroatoms. The number of nitrogens with zero attached hydrogens (tertiary/aromatic N) is 2. The average molecular weight is 404 g/mol. The number of aromatic amines is 1. The Balaban J connectivity index is 1.78. The zero-order chi connectivity index (χ0) is 20.0. The molecule has 2 aromatic rings. The number of fused-ring (bicyclic) bond motifs is 1. The number of nitrogens with one attached hydrogen (secondary N) is 1. The average Bonchev–Trinajstić information content (AvgIpc) is 3.07. The maximum absolute atomic E-state index is 12.6. The predicted octanol–water partition coefficient (Wildman–Crippen LogP) is 4.08. The van der Waals surface area contributed by atoms with Gasteiger partial charge in [-0.2, -0.15) is 18.3 Å². The summed E-state index contributed by atoms with van der Waals surface area (Å²) in [4.78, 5) is 12.3. The summed E-state index contributed by atoms with van der Waals surface area (Å²) < 4.78 is 37.9. The van der Waals surface area contributed by atoms with Gasteiger partial charge in [0.2, 0.25) is 0 Å². The number of amides is 1. The summed E-state index contributed by atoms with van der Waals surface area (Å²) in [6, 6.07) is 3.42. The summed E-state index contributed by atoms with van der Waals surface area (Å²) in [5.41, 5.74) is 0.661. The van der Waals surface area contributed by atoms with Crippen LogP contribution in [0.4, 0.5) is 13.2 Å². The van der Waals surface area contributed by atoms with E-state index in [1.54, 1.807) is 18.3 Å². The molecule has 2 heterocycles. The van der Waals surface area contributed by atoms with Crippen LogP contribution in [0.1, 0.15) is 38.4 Å². The smallest absolute Gasteiger partial charge is 0.388 e. The van der Waals surface area contributed by atoms with Crippen molar-refractivity contribution in [1.82, 2.24) is 15.1 Å². The number of hydrogen-bond donors (Lipinski definition) is 2. The van der Waals surface area contributed by atoms with E-state index in [1.807, 2.05) is 13.8 Å². The lowest BCUT2D eigenvalue weighted by atomic mass is 9.68. The van der Waals surface area contributed by atoms with Crippen molar-refractivity contribution >= 4 is 28.4 Å². The SMILES string of the molecule is CC(C)(C1CCN(C(=O)C(F)(F)F)CC1)[C@H](O)c1cc(Cl)cc2cn[nH]c12. The Hall–Kier alpha value is -1.80. The molecular formula is C18H21ClF3N3O2. The van der Waals surface area contributed by atoms with E-state index in [0.29, 0.717) is 28.9 Å². The highest BCUT2D eigenvalue weighted by molar-refractivity contribution is 6.31. The van der Waals surface area contributed by atoms with E-state index in [-0.39, 0.29) is 19.0 Å². The fraction of sp³-hybridized carbons (Fsp3) is 0.556. The van der Waals surface area contributed by atoms with Crippen LogP contribution in [-0.2, 0) is 4.79 Å². The number of halogens is 4. The maximum Gasteiger partial charge on any atom is 0.471 e. The van der Waals surface area contributed by atoms with E-state index >= 15 is 0 Å². The zero-order valence-corrected chi connectivity index (χ0v) is 15.7. The van der Waals surface area contributed by atoms with Gasteiger partial charge in [-0.1, -0.05) is 25.4 Å². The van der Waals surface area contributed by atoms with E-state index < -0.39 is 23.6 Å². The maximum atomic E-state index is 12.6. The number of likely N-dealkylation sites (tertiary alicyclic amines) is 1. The highest BCUT2D eigenvalue weighted by Crippen LogP contribution is 2.46. The number of H-pyrrole nitrogens is 1. The molecule has 1 saturated heterocycles. The molecule has 1 amide bonds. The highest BCUT2D eigenvalue weighted by Gasteiger charge is 2.46. The third-order valence-corrected chi connectivity index (χ3v) is 5.84. The molecule has 0 aliphatic carbocycles. The molecule has 1 atom stereocenters. The standard InChI is InChI=1S/C18H21ClF3N3O2/c1-17(2,11-3-5-25(6-4-11)16(27)18(20,21)22)15(26)13-8-12(19)7-10-9-23-24-14(10)13/h7-9,11,15,26H,3-6H2,1-2H3,(H,23,24)/t15-/m1/s1. The Bertz CT molecular complexity index is 842. The van der Waals surface area contributed by atoms with Gasteiger partial charge in [0, 0.05) is 29.1 Å². The molecule has 2 N–H and O–H groups in total. The molecule has 148 valence electrons. The van der Waals surface area contributed by atoms with E-state index in [1.165, 1.54) is 0 Å². The number of carbonyl (C=O) groups excluding carboxylic acids is 1. The van der Waals surface area contributed by atoms with Crippen molar-refractivity contribution < 1.29 is 23.1 Å². The molecule has 3 rings (SSSR count). The van der Waals surface area contributed by atoms with Crippen molar-refractivity contribution in [2.45, 2.75) is 39.0 Å². The Morgan fingerprint density at radius 2 is 1.96 bits per heavy atom. The molecule has 0 radical (unpaired) electrons. The lowest BCUT2D eigenvalue weighted by molar-refractivity contribution is -0.187. The third kappa shape index (κ3) is 3.78. The molecule has 0 unspecified atom stereocenters. The summed E-state index contributed by atoms with van der Waals surface area (Å²) in [5.74, 6) is -1.85. The molecule has 1 aromatic heterocycles. The molecule has 5 nitrogen and oxygen atoms in total. The van der Waals surface area contributed by atoms with Crippen LogP contribution in [0.25, 0.3) is 10.9 Å². The number of piperidine rings is 1. The highest BCUT2D eigenvalue weighted by atomic mass is 35.5. The van der Waals surface area contributed by atoms with Gasteiger partial charge in [-0.3, -0.25) is 9.89 Å². The van der Waals surface area contributed by atoms with Gasteiger partial charge in [-0.05, 0) is 36.3 Å².